The Labute approximate surface area is 102 Å². The van der Waals surface area contributed by atoms with Crippen LogP contribution in [-0.2, 0) is 16.6 Å². The molecule has 0 bridgehead atoms. The van der Waals surface area contributed by atoms with Gasteiger partial charge in [-0.3, -0.25) is 4.98 Å². The molecule has 0 saturated heterocycles. The summed E-state index contributed by atoms with van der Waals surface area (Å²) >= 11 is 0. The molecule has 0 saturated carbocycles. The molecule has 0 spiro atoms. The van der Waals surface area contributed by atoms with Crippen LogP contribution in [0, 0.1) is 0 Å². The van der Waals surface area contributed by atoms with Crippen LogP contribution in [0.4, 0.5) is 0 Å². The average molecular weight is 257 g/mol. The molecule has 0 fully saturated rings. The first kappa shape index (κ1) is 14.1. The molecule has 0 atom stereocenters. The fourth-order valence-corrected chi connectivity index (χ4v) is 2.61. The van der Waals surface area contributed by atoms with Gasteiger partial charge in [0.05, 0.1) is 5.69 Å². The summed E-state index contributed by atoms with van der Waals surface area (Å²) in [6, 6.07) is 3.14. The lowest BCUT2D eigenvalue weighted by Crippen LogP contribution is -2.42. The van der Waals surface area contributed by atoms with Crippen LogP contribution in [0.5, 0.6) is 0 Å². The highest BCUT2D eigenvalue weighted by Crippen LogP contribution is 2.14. The summed E-state index contributed by atoms with van der Waals surface area (Å²) in [5, 5.41) is 0. The van der Waals surface area contributed by atoms with Crippen LogP contribution < -0.4 is 10.5 Å². The second kappa shape index (κ2) is 5.12. The van der Waals surface area contributed by atoms with Crippen molar-refractivity contribution in [2.75, 3.05) is 0 Å². The Hall–Kier alpha value is -0.980. The largest absolute Gasteiger partial charge is 0.325 e. The Morgan fingerprint density at radius 2 is 2.06 bits per heavy atom. The Morgan fingerprint density at radius 1 is 1.41 bits per heavy atom. The Balaban J connectivity index is 2.97. The van der Waals surface area contributed by atoms with Gasteiger partial charge in [-0.2, -0.15) is 0 Å². The summed E-state index contributed by atoms with van der Waals surface area (Å²) in [7, 11) is -3.51. The van der Waals surface area contributed by atoms with E-state index in [1.165, 1.54) is 12.3 Å². The van der Waals surface area contributed by atoms with E-state index in [1.54, 1.807) is 6.07 Å². The van der Waals surface area contributed by atoms with E-state index in [0.717, 1.165) is 0 Å². The van der Waals surface area contributed by atoms with Crippen LogP contribution >= 0.6 is 0 Å². The predicted molar refractivity (Wildman–Crippen MR) is 66.8 cm³/mol. The maximum absolute atomic E-state index is 12.0. The van der Waals surface area contributed by atoms with Crippen LogP contribution in [0.25, 0.3) is 0 Å². The maximum atomic E-state index is 12.0. The first-order valence-electron chi connectivity index (χ1n) is 5.50. The molecule has 1 heterocycles. The van der Waals surface area contributed by atoms with Crippen molar-refractivity contribution in [2.24, 2.45) is 5.73 Å². The molecule has 0 amide bonds. The molecule has 0 radical (unpaired) electrons. The summed E-state index contributed by atoms with van der Waals surface area (Å²) < 4.78 is 26.7. The van der Waals surface area contributed by atoms with Gasteiger partial charge in [-0.15, -0.1) is 0 Å². The van der Waals surface area contributed by atoms with Crippen molar-refractivity contribution in [1.29, 1.82) is 0 Å². The summed E-state index contributed by atoms with van der Waals surface area (Å²) in [5.41, 5.74) is 5.60. The molecule has 0 aromatic carbocycles. The number of nitrogens with one attached hydrogen (secondary N) is 1. The van der Waals surface area contributed by atoms with Crippen LogP contribution in [0.15, 0.2) is 23.2 Å². The predicted octanol–water partition coefficient (Wildman–Crippen LogP) is 1.01. The molecule has 1 rings (SSSR count). The lowest BCUT2D eigenvalue weighted by atomic mass is 10.0. The standard InChI is InChI=1S/C11H19N3O2S/c1-4-11(2,3)14-17(15,16)10-6-5-9(7-12)13-8-10/h5-6,8,14H,4,7,12H2,1-3H3. The molecule has 1 aromatic heterocycles. The molecule has 0 unspecified atom stereocenters. The van der Waals surface area contributed by atoms with Crippen molar-refractivity contribution in [2.45, 2.75) is 44.2 Å². The van der Waals surface area contributed by atoms with Crippen molar-refractivity contribution in [3.63, 3.8) is 0 Å². The summed E-state index contributed by atoms with van der Waals surface area (Å²) in [6.45, 7) is 5.91. The minimum atomic E-state index is -3.51. The number of hydrogen-bond donors (Lipinski definition) is 2. The van der Waals surface area contributed by atoms with Gasteiger partial charge in [0.25, 0.3) is 0 Å². The fraction of sp³-hybridized carbons (Fsp3) is 0.545. The minimum absolute atomic E-state index is 0.163. The van der Waals surface area contributed by atoms with E-state index in [-0.39, 0.29) is 4.90 Å². The number of aromatic nitrogens is 1. The lowest BCUT2D eigenvalue weighted by Gasteiger charge is -2.23. The molecule has 96 valence electrons. The zero-order chi connectivity index (χ0) is 13.1. The number of hydrogen-bond acceptors (Lipinski definition) is 4. The smallest absolute Gasteiger partial charge is 0.242 e. The number of rotatable bonds is 5. The van der Waals surface area contributed by atoms with E-state index in [1.807, 2.05) is 20.8 Å². The molecule has 0 aliphatic heterocycles. The van der Waals surface area contributed by atoms with Crippen molar-refractivity contribution >= 4 is 10.0 Å². The third kappa shape index (κ3) is 3.76. The van der Waals surface area contributed by atoms with Crippen molar-refractivity contribution in [3.05, 3.63) is 24.0 Å². The number of nitrogens with two attached hydrogens (primary N) is 1. The zero-order valence-corrected chi connectivity index (χ0v) is 11.2. The Bertz CT molecular complexity index is 466. The van der Waals surface area contributed by atoms with E-state index in [2.05, 4.69) is 9.71 Å². The molecule has 17 heavy (non-hydrogen) atoms. The van der Waals surface area contributed by atoms with Crippen molar-refractivity contribution in [1.82, 2.24) is 9.71 Å². The van der Waals surface area contributed by atoms with Gasteiger partial charge in [0.1, 0.15) is 4.90 Å². The number of sulfonamides is 1. The highest BCUT2D eigenvalue weighted by molar-refractivity contribution is 7.89. The van der Waals surface area contributed by atoms with Crippen LogP contribution in [0.3, 0.4) is 0 Å². The second-order valence-electron chi connectivity index (χ2n) is 4.53. The van der Waals surface area contributed by atoms with Gasteiger partial charge in [0.2, 0.25) is 10.0 Å². The summed E-state index contributed by atoms with van der Waals surface area (Å²) in [4.78, 5) is 4.14. The van der Waals surface area contributed by atoms with Gasteiger partial charge in [0, 0.05) is 18.3 Å². The van der Waals surface area contributed by atoms with E-state index in [0.29, 0.717) is 18.7 Å². The van der Waals surface area contributed by atoms with Crippen molar-refractivity contribution in [3.8, 4) is 0 Å². The van der Waals surface area contributed by atoms with E-state index < -0.39 is 15.6 Å². The van der Waals surface area contributed by atoms with Crippen molar-refractivity contribution < 1.29 is 8.42 Å². The molecular weight excluding hydrogens is 238 g/mol. The average Bonchev–Trinajstić information content (AvgIpc) is 2.28. The van der Waals surface area contributed by atoms with E-state index >= 15 is 0 Å². The van der Waals surface area contributed by atoms with Gasteiger partial charge >= 0.3 is 0 Å². The molecular formula is C11H19N3O2S. The highest BCUT2D eigenvalue weighted by Gasteiger charge is 2.24. The molecule has 3 N–H and O–H groups in total. The minimum Gasteiger partial charge on any atom is -0.325 e. The number of nitrogens with zero attached hydrogens (tertiary/aromatic N) is 1. The SMILES string of the molecule is CCC(C)(C)NS(=O)(=O)c1ccc(CN)nc1. The first-order chi connectivity index (χ1) is 7.80. The quantitative estimate of drug-likeness (QED) is 0.824. The maximum Gasteiger partial charge on any atom is 0.242 e. The molecule has 0 aliphatic rings. The molecule has 0 aliphatic carbocycles. The highest BCUT2D eigenvalue weighted by atomic mass is 32.2. The third-order valence-corrected chi connectivity index (χ3v) is 4.29. The zero-order valence-electron chi connectivity index (χ0n) is 10.4. The van der Waals surface area contributed by atoms with E-state index in [9.17, 15) is 8.42 Å². The van der Waals surface area contributed by atoms with Crippen LogP contribution in [0.1, 0.15) is 32.9 Å². The van der Waals surface area contributed by atoms with Gasteiger partial charge in [0.15, 0.2) is 0 Å². The lowest BCUT2D eigenvalue weighted by molar-refractivity contribution is 0.439. The Kier molecular flexibility index (Phi) is 4.24. The van der Waals surface area contributed by atoms with Crippen LogP contribution in [0.2, 0.25) is 0 Å². The van der Waals surface area contributed by atoms with Crippen LogP contribution in [-0.4, -0.2) is 18.9 Å². The fourth-order valence-electron chi connectivity index (χ4n) is 1.19. The Morgan fingerprint density at radius 3 is 2.47 bits per heavy atom. The summed E-state index contributed by atoms with van der Waals surface area (Å²) in [6.07, 6.45) is 2.04. The van der Waals surface area contributed by atoms with Gasteiger partial charge in [-0.05, 0) is 32.4 Å². The monoisotopic (exact) mass is 257 g/mol. The first-order valence-corrected chi connectivity index (χ1v) is 6.98. The van der Waals surface area contributed by atoms with Gasteiger partial charge < -0.3 is 5.73 Å². The normalized spacial score (nSPS) is 12.7. The summed E-state index contributed by atoms with van der Waals surface area (Å²) in [5.74, 6) is 0. The molecule has 5 nitrogen and oxygen atoms in total. The second-order valence-corrected chi connectivity index (χ2v) is 6.21. The number of pyridine rings is 1. The van der Waals surface area contributed by atoms with Gasteiger partial charge in [-0.25, -0.2) is 13.1 Å². The topological polar surface area (TPSA) is 85.1 Å². The van der Waals surface area contributed by atoms with E-state index in [4.69, 9.17) is 5.73 Å². The molecule has 1 aromatic rings. The van der Waals surface area contributed by atoms with Gasteiger partial charge in [-0.1, -0.05) is 6.92 Å². The molecule has 6 heteroatoms. The third-order valence-electron chi connectivity index (χ3n) is 2.61.